The molecule has 4 nitrogen and oxygen atoms in total. The summed E-state index contributed by atoms with van der Waals surface area (Å²) in [6, 6.07) is 23.0. The van der Waals surface area contributed by atoms with Crippen LogP contribution in [0.3, 0.4) is 0 Å². The molecule has 2 N–H and O–H groups in total. The summed E-state index contributed by atoms with van der Waals surface area (Å²) in [5, 5.41) is 15.0. The third kappa shape index (κ3) is 4.09. The molecule has 4 heteroatoms. The number of carbonyl (C=O) groups is 1. The van der Waals surface area contributed by atoms with Gasteiger partial charge in [-0.15, -0.1) is 0 Å². The summed E-state index contributed by atoms with van der Waals surface area (Å²) in [5.41, 5.74) is 3.17. The molecule has 3 aromatic rings. The normalized spacial score (nSPS) is 13.2. The maximum atomic E-state index is 12.6. The third-order valence-electron chi connectivity index (χ3n) is 5.15. The number of carbonyl (C=O) groups excluding carboxylic acids is 1. The smallest absolute Gasteiger partial charge is 0.251 e. The first-order valence-corrected chi connectivity index (χ1v) is 9.72. The standard InChI is InChI=1S/C25H28N2O2/c1-18-13-15-20(16-14-18)25(29,22-11-7-5-9-19(22)17-27(3)4)23-12-8-6-10-21(23)24(28)26-2/h5-16,29H,17H2,1-4H3,(H,26,28). The highest BCUT2D eigenvalue weighted by Gasteiger charge is 2.38. The van der Waals surface area contributed by atoms with Crippen molar-refractivity contribution < 1.29 is 9.90 Å². The van der Waals surface area contributed by atoms with Crippen LogP contribution in [0.25, 0.3) is 0 Å². The van der Waals surface area contributed by atoms with E-state index in [4.69, 9.17) is 0 Å². The summed E-state index contributed by atoms with van der Waals surface area (Å²) in [5.74, 6) is -0.226. The number of nitrogens with zero attached hydrogens (tertiary/aromatic N) is 1. The molecule has 0 fully saturated rings. The van der Waals surface area contributed by atoms with Crippen molar-refractivity contribution in [3.8, 4) is 0 Å². The summed E-state index contributed by atoms with van der Waals surface area (Å²) in [7, 11) is 5.60. The monoisotopic (exact) mass is 388 g/mol. The Labute approximate surface area is 172 Å². The number of aryl methyl sites for hydroxylation is 1. The quantitative estimate of drug-likeness (QED) is 0.633. The molecule has 0 aliphatic rings. The molecular weight excluding hydrogens is 360 g/mol. The van der Waals surface area contributed by atoms with Gasteiger partial charge in [-0.3, -0.25) is 4.79 Å². The van der Waals surface area contributed by atoms with Gasteiger partial charge in [-0.25, -0.2) is 0 Å². The Kier molecular flexibility index (Phi) is 6.16. The molecule has 0 heterocycles. The fourth-order valence-corrected chi connectivity index (χ4v) is 3.73. The molecule has 0 spiro atoms. The van der Waals surface area contributed by atoms with Crippen LogP contribution in [-0.2, 0) is 12.1 Å². The molecule has 1 amide bonds. The van der Waals surface area contributed by atoms with E-state index < -0.39 is 5.60 Å². The Bertz CT molecular complexity index is 996. The van der Waals surface area contributed by atoms with Gasteiger partial charge in [0.1, 0.15) is 5.60 Å². The maximum Gasteiger partial charge on any atom is 0.251 e. The minimum absolute atomic E-state index is 0.226. The topological polar surface area (TPSA) is 52.6 Å². The lowest BCUT2D eigenvalue weighted by molar-refractivity contribution is 0.0938. The van der Waals surface area contributed by atoms with Crippen LogP contribution in [0.4, 0.5) is 0 Å². The highest BCUT2D eigenvalue weighted by atomic mass is 16.3. The van der Waals surface area contributed by atoms with E-state index in [1.807, 2.05) is 87.7 Å². The van der Waals surface area contributed by atoms with Crippen LogP contribution in [-0.4, -0.2) is 37.1 Å². The molecule has 0 radical (unpaired) electrons. The van der Waals surface area contributed by atoms with Gasteiger partial charge in [-0.1, -0.05) is 72.3 Å². The van der Waals surface area contributed by atoms with Crippen LogP contribution < -0.4 is 5.32 Å². The Balaban J connectivity index is 2.34. The number of rotatable bonds is 6. The van der Waals surface area contributed by atoms with Crippen molar-refractivity contribution in [3.63, 3.8) is 0 Å². The maximum absolute atomic E-state index is 12.6. The molecule has 3 aromatic carbocycles. The molecule has 0 aliphatic carbocycles. The van der Waals surface area contributed by atoms with E-state index in [9.17, 15) is 9.90 Å². The Hall–Kier alpha value is -2.95. The fraction of sp³-hybridized carbons (Fsp3) is 0.240. The summed E-state index contributed by atoms with van der Waals surface area (Å²) < 4.78 is 0. The Morgan fingerprint density at radius 2 is 1.52 bits per heavy atom. The molecule has 3 rings (SSSR count). The van der Waals surface area contributed by atoms with Crippen LogP contribution in [0.2, 0.25) is 0 Å². The zero-order chi connectivity index (χ0) is 21.0. The van der Waals surface area contributed by atoms with Crippen molar-refractivity contribution in [3.05, 3.63) is 106 Å². The lowest BCUT2D eigenvalue weighted by atomic mass is 9.76. The third-order valence-corrected chi connectivity index (χ3v) is 5.15. The van der Waals surface area contributed by atoms with Gasteiger partial charge in [0, 0.05) is 24.7 Å². The van der Waals surface area contributed by atoms with Crippen LogP contribution >= 0.6 is 0 Å². The Morgan fingerprint density at radius 1 is 0.931 bits per heavy atom. The molecule has 0 saturated carbocycles. The van der Waals surface area contributed by atoms with E-state index >= 15 is 0 Å². The fourth-order valence-electron chi connectivity index (χ4n) is 3.73. The van der Waals surface area contributed by atoms with E-state index in [0.29, 0.717) is 17.7 Å². The summed E-state index contributed by atoms with van der Waals surface area (Å²) in [4.78, 5) is 14.7. The van der Waals surface area contributed by atoms with Crippen LogP contribution in [0.5, 0.6) is 0 Å². The lowest BCUT2D eigenvalue weighted by Gasteiger charge is -2.34. The predicted molar refractivity (Wildman–Crippen MR) is 117 cm³/mol. The van der Waals surface area contributed by atoms with Crippen LogP contribution in [0, 0.1) is 6.92 Å². The highest BCUT2D eigenvalue weighted by molar-refractivity contribution is 5.96. The second kappa shape index (κ2) is 8.60. The van der Waals surface area contributed by atoms with Crippen molar-refractivity contribution in [2.75, 3.05) is 21.1 Å². The van der Waals surface area contributed by atoms with E-state index in [-0.39, 0.29) is 5.91 Å². The zero-order valence-electron chi connectivity index (χ0n) is 17.4. The first kappa shape index (κ1) is 20.8. The molecule has 1 unspecified atom stereocenters. The first-order chi connectivity index (χ1) is 13.9. The van der Waals surface area contributed by atoms with Gasteiger partial charge in [-0.05, 0) is 43.8 Å². The molecule has 0 aliphatic heterocycles. The number of nitrogens with one attached hydrogen (secondary N) is 1. The van der Waals surface area contributed by atoms with Crippen molar-refractivity contribution in [1.29, 1.82) is 0 Å². The second-order valence-electron chi connectivity index (χ2n) is 7.60. The molecule has 150 valence electrons. The first-order valence-electron chi connectivity index (χ1n) is 9.72. The minimum atomic E-state index is -1.47. The van der Waals surface area contributed by atoms with E-state index in [0.717, 1.165) is 22.3 Å². The zero-order valence-corrected chi connectivity index (χ0v) is 17.4. The number of benzene rings is 3. The molecule has 0 aromatic heterocycles. The van der Waals surface area contributed by atoms with Gasteiger partial charge in [0.05, 0.1) is 0 Å². The van der Waals surface area contributed by atoms with Crippen molar-refractivity contribution in [2.45, 2.75) is 19.1 Å². The second-order valence-corrected chi connectivity index (χ2v) is 7.60. The number of hydrogen-bond donors (Lipinski definition) is 2. The van der Waals surface area contributed by atoms with Crippen molar-refractivity contribution >= 4 is 5.91 Å². The van der Waals surface area contributed by atoms with Gasteiger partial charge in [0.25, 0.3) is 5.91 Å². The molecule has 1 atom stereocenters. The summed E-state index contributed by atoms with van der Waals surface area (Å²) in [6.07, 6.45) is 0. The average molecular weight is 389 g/mol. The van der Waals surface area contributed by atoms with Gasteiger partial charge in [0.2, 0.25) is 0 Å². The molecule has 0 saturated heterocycles. The Morgan fingerprint density at radius 3 is 2.14 bits per heavy atom. The van der Waals surface area contributed by atoms with Crippen LogP contribution in [0.15, 0.2) is 72.8 Å². The SMILES string of the molecule is CNC(=O)c1ccccc1C(O)(c1ccc(C)cc1)c1ccccc1CN(C)C. The molecular formula is C25H28N2O2. The number of aliphatic hydroxyl groups is 1. The van der Waals surface area contributed by atoms with E-state index in [1.54, 1.807) is 13.1 Å². The molecule has 0 bridgehead atoms. The predicted octanol–water partition coefficient (Wildman–Crippen LogP) is 3.70. The van der Waals surface area contributed by atoms with Gasteiger partial charge < -0.3 is 15.3 Å². The number of hydrogen-bond acceptors (Lipinski definition) is 3. The van der Waals surface area contributed by atoms with Crippen molar-refractivity contribution in [1.82, 2.24) is 10.2 Å². The van der Waals surface area contributed by atoms with E-state index in [1.165, 1.54) is 0 Å². The minimum Gasteiger partial charge on any atom is -0.376 e. The average Bonchev–Trinajstić information content (AvgIpc) is 2.73. The van der Waals surface area contributed by atoms with Gasteiger partial charge in [-0.2, -0.15) is 0 Å². The van der Waals surface area contributed by atoms with Crippen LogP contribution in [0.1, 0.15) is 38.2 Å². The van der Waals surface area contributed by atoms with E-state index in [2.05, 4.69) is 10.2 Å². The lowest BCUT2D eigenvalue weighted by Crippen LogP contribution is -2.34. The summed E-state index contributed by atoms with van der Waals surface area (Å²) in [6.45, 7) is 2.69. The van der Waals surface area contributed by atoms with Crippen molar-refractivity contribution in [2.24, 2.45) is 0 Å². The highest BCUT2D eigenvalue weighted by Crippen LogP contribution is 2.40. The molecule has 29 heavy (non-hydrogen) atoms. The summed E-state index contributed by atoms with van der Waals surface area (Å²) >= 11 is 0. The van der Waals surface area contributed by atoms with Gasteiger partial charge in [0.15, 0.2) is 0 Å². The largest absolute Gasteiger partial charge is 0.376 e. The van der Waals surface area contributed by atoms with Gasteiger partial charge >= 0.3 is 0 Å². The number of amides is 1.